The van der Waals surface area contributed by atoms with Gasteiger partial charge in [-0.25, -0.2) is 9.59 Å². The zero-order valence-corrected chi connectivity index (χ0v) is 18.2. The van der Waals surface area contributed by atoms with E-state index in [9.17, 15) is 9.59 Å². The van der Waals surface area contributed by atoms with Crippen LogP contribution in [0.15, 0.2) is 12.1 Å². The number of hydrogen-bond acceptors (Lipinski definition) is 7. The Morgan fingerprint density at radius 1 is 1.03 bits per heavy atom. The van der Waals surface area contributed by atoms with Crippen LogP contribution in [0.1, 0.15) is 50.4 Å². The number of carbonyl (C=O) groups is 2. The Labute approximate surface area is 172 Å². The van der Waals surface area contributed by atoms with Crippen LogP contribution in [0.2, 0.25) is 0 Å². The fraction of sp³-hybridized carbons (Fsp3) is 0.636. The van der Waals surface area contributed by atoms with Crippen molar-refractivity contribution in [3.05, 3.63) is 17.7 Å². The molecule has 0 spiro atoms. The van der Waals surface area contributed by atoms with Gasteiger partial charge in [0.1, 0.15) is 11.7 Å². The van der Waals surface area contributed by atoms with Gasteiger partial charge in [0.2, 0.25) is 5.75 Å². The van der Waals surface area contributed by atoms with E-state index in [2.05, 4.69) is 20.8 Å². The van der Waals surface area contributed by atoms with E-state index < -0.39 is 18.5 Å². The first-order valence-corrected chi connectivity index (χ1v) is 9.97. The minimum atomic E-state index is -0.697. The Hall–Kier alpha value is -2.44. The molecule has 1 aromatic rings. The number of hydrogen-bond donors (Lipinski definition) is 0. The van der Waals surface area contributed by atoms with Gasteiger partial charge < -0.3 is 23.7 Å². The van der Waals surface area contributed by atoms with E-state index in [0.717, 1.165) is 19.3 Å². The molecule has 1 aliphatic carbocycles. The number of ether oxygens (including phenoxy) is 5. The fourth-order valence-corrected chi connectivity index (χ4v) is 3.92. The summed E-state index contributed by atoms with van der Waals surface area (Å²) in [6.07, 6.45) is 2.89. The Morgan fingerprint density at radius 3 is 2.31 bits per heavy atom. The summed E-state index contributed by atoms with van der Waals surface area (Å²) < 4.78 is 26.6. The van der Waals surface area contributed by atoms with Crippen molar-refractivity contribution in [2.24, 2.45) is 17.8 Å². The maximum atomic E-state index is 12.5. The Morgan fingerprint density at radius 2 is 1.72 bits per heavy atom. The van der Waals surface area contributed by atoms with Gasteiger partial charge in [0, 0.05) is 0 Å². The van der Waals surface area contributed by atoms with Crippen molar-refractivity contribution in [2.45, 2.75) is 46.1 Å². The molecule has 1 fully saturated rings. The quantitative estimate of drug-likeness (QED) is 0.604. The molecule has 0 radical (unpaired) electrons. The normalized spacial score (nSPS) is 21.4. The minimum Gasteiger partial charge on any atom is -0.493 e. The van der Waals surface area contributed by atoms with E-state index in [1.54, 1.807) is 6.07 Å². The van der Waals surface area contributed by atoms with Gasteiger partial charge in [-0.2, -0.15) is 0 Å². The van der Waals surface area contributed by atoms with Crippen LogP contribution >= 0.6 is 0 Å². The molecular weight excluding hydrogens is 376 g/mol. The average Bonchev–Trinajstić information content (AvgIpc) is 2.70. The maximum Gasteiger partial charge on any atom is 0.344 e. The van der Waals surface area contributed by atoms with Crippen LogP contribution in [-0.4, -0.2) is 46.0 Å². The van der Waals surface area contributed by atoms with Crippen molar-refractivity contribution < 1.29 is 33.3 Å². The molecule has 1 saturated carbocycles. The number of carbonyl (C=O) groups excluding carboxylic acids is 2. The van der Waals surface area contributed by atoms with Crippen LogP contribution in [0.4, 0.5) is 0 Å². The number of benzene rings is 1. The second kappa shape index (κ2) is 10.4. The van der Waals surface area contributed by atoms with Gasteiger partial charge in [0.25, 0.3) is 0 Å². The summed E-state index contributed by atoms with van der Waals surface area (Å²) >= 11 is 0. The molecule has 0 bridgehead atoms. The lowest BCUT2D eigenvalue weighted by molar-refractivity contribution is -0.159. The Kier molecular flexibility index (Phi) is 8.17. The second-order valence-corrected chi connectivity index (χ2v) is 7.81. The minimum absolute atomic E-state index is 0.138. The highest BCUT2D eigenvalue weighted by molar-refractivity contribution is 5.95. The first-order chi connectivity index (χ1) is 13.8. The van der Waals surface area contributed by atoms with Crippen LogP contribution in [0.5, 0.6) is 17.2 Å². The molecule has 0 N–H and O–H groups in total. The van der Waals surface area contributed by atoms with Crippen molar-refractivity contribution in [3.63, 3.8) is 0 Å². The SMILES string of the molecule is COc1ccc(C(=O)OCC(=O)OC2CC(C)CCC2C(C)C)c(OC)c1OC. The molecule has 0 saturated heterocycles. The van der Waals surface area contributed by atoms with Crippen molar-refractivity contribution in [3.8, 4) is 17.2 Å². The second-order valence-electron chi connectivity index (χ2n) is 7.81. The highest BCUT2D eigenvalue weighted by Gasteiger charge is 2.33. The number of rotatable bonds is 8. The summed E-state index contributed by atoms with van der Waals surface area (Å²) in [6, 6.07) is 3.08. The monoisotopic (exact) mass is 408 g/mol. The average molecular weight is 408 g/mol. The van der Waals surface area contributed by atoms with Gasteiger partial charge >= 0.3 is 11.9 Å². The predicted octanol–water partition coefficient (Wildman–Crippen LogP) is 3.87. The molecule has 2 rings (SSSR count). The largest absolute Gasteiger partial charge is 0.493 e. The Balaban J connectivity index is 2.02. The van der Waals surface area contributed by atoms with Crippen molar-refractivity contribution in [2.75, 3.05) is 27.9 Å². The van der Waals surface area contributed by atoms with Gasteiger partial charge in [-0.1, -0.05) is 27.2 Å². The first kappa shape index (κ1) is 22.8. The molecule has 7 nitrogen and oxygen atoms in total. The van der Waals surface area contributed by atoms with Crippen molar-refractivity contribution >= 4 is 11.9 Å². The van der Waals surface area contributed by atoms with Gasteiger partial charge in [0.15, 0.2) is 18.1 Å². The lowest BCUT2D eigenvalue weighted by Crippen LogP contribution is -2.36. The van der Waals surface area contributed by atoms with Crippen molar-refractivity contribution in [1.29, 1.82) is 0 Å². The summed E-state index contributed by atoms with van der Waals surface area (Å²) in [7, 11) is 4.35. The van der Waals surface area contributed by atoms with Crippen LogP contribution in [0.25, 0.3) is 0 Å². The van der Waals surface area contributed by atoms with Gasteiger partial charge in [-0.15, -0.1) is 0 Å². The maximum absolute atomic E-state index is 12.5. The van der Waals surface area contributed by atoms with Crippen LogP contribution in [-0.2, 0) is 14.3 Å². The zero-order valence-electron chi connectivity index (χ0n) is 18.2. The smallest absolute Gasteiger partial charge is 0.344 e. The topological polar surface area (TPSA) is 80.3 Å². The molecule has 0 aromatic heterocycles. The standard InChI is InChI=1S/C22H32O7/c1-13(2)15-8-7-14(3)11-18(15)29-19(23)12-28-22(24)16-9-10-17(25-4)21(27-6)20(16)26-5/h9-10,13-15,18H,7-8,11-12H2,1-6H3. The third-order valence-corrected chi connectivity index (χ3v) is 5.49. The molecule has 1 aromatic carbocycles. The lowest BCUT2D eigenvalue weighted by atomic mass is 9.75. The van der Waals surface area contributed by atoms with E-state index in [-0.39, 0.29) is 23.2 Å². The molecule has 162 valence electrons. The third-order valence-electron chi connectivity index (χ3n) is 5.49. The van der Waals surface area contributed by atoms with Gasteiger partial charge in [-0.3, -0.25) is 0 Å². The van der Waals surface area contributed by atoms with Crippen LogP contribution in [0.3, 0.4) is 0 Å². The van der Waals surface area contributed by atoms with Crippen molar-refractivity contribution in [1.82, 2.24) is 0 Å². The van der Waals surface area contributed by atoms with E-state index in [1.165, 1.54) is 27.4 Å². The summed E-state index contributed by atoms with van der Waals surface area (Å²) in [6.45, 7) is 6.00. The number of methoxy groups -OCH3 is 3. The third kappa shape index (κ3) is 5.55. The molecule has 0 amide bonds. The van der Waals surface area contributed by atoms with Crippen LogP contribution in [0, 0.1) is 17.8 Å². The zero-order chi connectivity index (χ0) is 21.6. The highest BCUT2D eigenvalue weighted by Crippen LogP contribution is 2.40. The van der Waals surface area contributed by atoms with E-state index in [4.69, 9.17) is 23.7 Å². The molecule has 0 aliphatic heterocycles. The summed E-state index contributed by atoms with van der Waals surface area (Å²) in [5.41, 5.74) is 0.143. The van der Waals surface area contributed by atoms with Crippen LogP contribution < -0.4 is 14.2 Å². The molecule has 29 heavy (non-hydrogen) atoms. The molecule has 7 heteroatoms. The summed E-state index contributed by atoms with van der Waals surface area (Å²) in [5, 5.41) is 0. The molecular formula is C22H32O7. The van der Waals surface area contributed by atoms with Gasteiger partial charge in [0.05, 0.1) is 21.3 Å². The fourth-order valence-electron chi connectivity index (χ4n) is 3.92. The summed E-state index contributed by atoms with van der Waals surface area (Å²) in [5.74, 6) is 0.928. The molecule has 3 atom stereocenters. The first-order valence-electron chi connectivity index (χ1n) is 9.97. The predicted molar refractivity (Wildman–Crippen MR) is 108 cm³/mol. The highest BCUT2D eigenvalue weighted by atomic mass is 16.6. The Bertz CT molecular complexity index is 713. The molecule has 0 heterocycles. The van der Waals surface area contributed by atoms with Gasteiger partial charge in [-0.05, 0) is 42.7 Å². The lowest BCUT2D eigenvalue weighted by Gasteiger charge is -2.36. The summed E-state index contributed by atoms with van der Waals surface area (Å²) in [4.78, 5) is 24.8. The molecule has 1 aliphatic rings. The van der Waals surface area contributed by atoms with E-state index in [1.807, 2.05) is 0 Å². The van der Waals surface area contributed by atoms with E-state index in [0.29, 0.717) is 23.5 Å². The molecule has 3 unspecified atom stereocenters. The number of esters is 2. The van der Waals surface area contributed by atoms with E-state index >= 15 is 0 Å².